The van der Waals surface area contributed by atoms with Crippen molar-refractivity contribution in [2.45, 2.75) is 18.6 Å². The van der Waals surface area contributed by atoms with Crippen LogP contribution in [0.2, 0.25) is 0 Å². The van der Waals surface area contributed by atoms with Gasteiger partial charge in [0, 0.05) is 24.4 Å². The van der Waals surface area contributed by atoms with Gasteiger partial charge in [0.2, 0.25) is 0 Å². The number of carbonyl (C=O) groups is 1. The summed E-state index contributed by atoms with van der Waals surface area (Å²) in [6, 6.07) is 15.9. The minimum Gasteiger partial charge on any atom is -0.370 e. The molecule has 1 saturated heterocycles. The first-order chi connectivity index (χ1) is 11.3. The van der Waals surface area contributed by atoms with Gasteiger partial charge < -0.3 is 10.2 Å². The minimum absolute atomic E-state index is 0.0488. The molecule has 120 valence electrons. The molecule has 0 radical (unpaired) electrons. The van der Waals surface area contributed by atoms with Crippen LogP contribution in [0.15, 0.2) is 48.5 Å². The summed E-state index contributed by atoms with van der Waals surface area (Å²) in [5.41, 5.74) is 3.96. The van der Waals surface area contributed by atoms with Crippen LogP contribution in [0.4, 0.5) is 11.4 Å². The molecule has 1 aliphatic heterocycles. The second kappa shape index (κ2) is 7.55. The van der Waals surface area contributed by atoms with Gasteiger partial charge in [-0.05, 0) is 48.9 Å². The molecule has 0 unspecified atom stereocenters. The summed E-state index contributed by atoms with van der Waals surface area (Å²) in [7, 11) is 0. The van der Waals surface area contributed by atoms with Crippen LogP contribution in [0.1, 0.15) is 28.8 Å². The van der Waals surface area contributed by atoms with Crippen molar-refractivity contribution in [3.8, 4) is 0 Å². The molecule has 0 spiro atoms. The molecule has 3 rings (SSSR count). The number of hydrogen-bond donors (Lipinski definition) is 1. The van der Waals surface area contributed by atoms with Crippen LogP contribution in [0, 0.1) is 0 Å². The number of benzene rings is 2. The Hall–Kier alpha value is -1.94. The maximum absolute atomic E-state index is 12.5. The Morgan fingerprint density at radius 1 is 1.09 bits per heavy atom. The predicted molar refractivity (Wildman–Crippen MR) is 99.5 cm³/mol. The van der Waals surface area contributed by atoms with E-state index in [2.05, 4.69) is 22.5 Å². The average molecular weight is 326 g/mol. The molecule has 1 amide bonds. The molecule has 0 aliphatic carbocycles. The molecular weight excluding hydrogens is 304 g/mol. The first-order valence-electron chi connectivity index (χ1n) is 8.01. The molecule has 1 fully saturated rings. The Morgan fingerprint density at radius 3 is 2.48 bits per heavy atom. The summed E-state index contributed by atoms with van der Waals surface area (Å²) in [6.07, 6.45) is 4.52. The van der Waals surface area contributed by atoms with Crippen molar-refractivity contribution in [3.05, 3.63) is 59.7 Å². The van der Waals surface area contributed by atoms with Crippen LogP contribution >= 0.6 is 11.8 Å². The van der Waals surface area contributed by atoms with E-state index in [-0.39, 0.29) is 5.91 Å². The first kappa shape index (κ1) is 15.9. The van der Waals surface area contributed by atoms with Gasteiger partial charge in [0.15, 0.2) is 0 Å². The van der Waals surface area contributed by atoms with Gasteiger partial charge in [0.05, 0.1) is 11.4 Å². The van der Waals surface area contributed by atoms with Crippen LogP contribution in [0.3, 0.4) is 0 Å². The van der Waals surface area contributed by atoms with E-state index >= 15 is 0 Å². The number of para-hydroxylation sites is 2. The second-order valence-corrected chi connectivity index (χ2v) is 6.66. The van der Waals surface area contributed by atoms with E-state index in [0.29, 0.717) is 5.56 Å². The van der Waals surface area contributed by atoms with Crippen LogP contribution in [0.25, 0.3) is 0 Å². The lowest BCUT2D eigenvalue weighted by molar-refractivity contribution is 0.102. The van der Waals surface area contributed by atoms with E-state index in [4.69, 9.17) is 0 Å². The monoisotopic (exact) mass is 326 g/mol. The lowest BCUT2D eigenvalue weighted by Crippen LogP contribution is -2.21. The third kappa shape index (κ3) is 3.88. The number of nitrogens with one attached hydrogen (secondary N) is 1. The van der Waals surface area contributed by atoms with E-state index < -0.39 is 0 Å². The third-order valence-electron chi connectivity index (χ3n) is 4.13. The van der Waals surface area contributed by atoms with E-state index in [1.54, 1.807) is 11.8 Å². The minimum atomic E-state index is -0.0488. The third-order valence-corrected chi connectivity index (χ3v) is 4.75. The SMILES string of the molecule is CSCc1ccc(C(=O)Nc2ccccc2N2CCCC2)cc1. The zero-order valence-electron chi connectivity index (χ0n) is 13.4. The van der Waals surface area contributed by atoms with Crippen molar-refractivity contribution >= 4 is 29.0 Å². The van der Waals surface area contributed by atoms with E-state index in [0.717, 1.165) is 30.2 Å². The Labute approximate surface area is 142 Å². The zero-order valence-corrected chi connectivity index (χ0v) is 14.2. The number of rotatable bonds is 5. The molecule has 23 heavy (non-hydrogen) atoms. The lowest BCUT2D eigenvalue weighted by atomic mass is 10.1. The fourth-order valence-electron chi connectivity index (χ4n) is 2.93. The molecule has 0 saturated carbocycles. The Balaban J connectivity index is 1.75. The molecule has 1 aliphatic rings. The van der Waals surface area contributed by atoms with Gasteiger partial charge in [0.25, 0.3) is 5.91 Å². The van der Waals surface area contributed by atoms with E-state index in [1.807, 2.05) is 42.5 Å². The average Bonchev–Trinajstić information content (AvgIpc) is 3.10. The number of hydrogen-bond acceptors (Lipinski definition) is 3. The van der Waals surface area contributed by atoms with Crippen LogP contribution < -0.4 is 10.2 Å². The van der Waals surface area contributed by atoms with Gasteiger partial charge in [-0.1, -0.05) is 24.3 Å². The molecule has 3 nitrogen and oxygen atoms in total. The second-order valence-electron chi connectivity index (χ2n) is 5.80. The number of anilines is 2. The highest BCUT2D eigenvalue weighted by atomic mass is 32.2. The Kier molecular flexibility index (Phi) is 5.23. The normalized spacial score (nSPS) is 14.0. The van der Waals surface area contributed by atoms with Crippen molar-refractivity contribution < 1.29 is 4.79 Å². The molecule has 0 atom stereocenters. The van der Waals surface area contributed by atoms with Crippen LogP contribution in [0.5, 0.6) is 0 Å². The molecule has 4 heteroatoms. The fraction of sp³-hybridized carbons (Fsp3) is 0.316. The first-order valence-corrected chi connectivity index (χ1v) is 9.40. The van der Waals surface area contributed by atoms with Gasteiger partial charge in [-0.3, -0.25) is 4.79 Å². The molecule has 1 N–H and O–H groups in total. The molecule has 0 bridgehead atoms. The van der Waals surface area contributed by atoms with Crippen molar-refractivity contribution in [3.63, 3.8) is 0 Å². The number of amides is 1. The van der Waals surface area contributed by atoms with Crippen molar-refractivity contribution in [2.75, 3.05) is 29.6 Å². The standard InChI is InChI=1S/C19H22N2OS/c1-23-14-15-8-10-16(11-9-15)19(22)20-17-6-2-3-7-18(17)21-12-4-5-13-21/h2-3,6-11H,4-5,12-14H2,1H3,(H,20,22). The highest BCUT2D eigenvalue weighted by molar-refractivity contribution is 7.97. The van der Waals surface area contributed by atoms with Crippen LogP contribution in [-0.2, 0) is 5.75 Å². The molecule has 2 aromatic carbocycles. The van der Waals surface area contributed by atoms with E-state index in [9.17, 15) is 4.79 Å². The molecule has 1 heterocycles. The summed E-state index contributed by atoms with van der Waals surface area (Å²) in [5, 5.41) is 3.07. The summed E-state index contributed by atoms with van der Waals surface area (Å²) < 4.78 is 0. The smallest absolute Gasteiger partial charge is 0.255 e. The van der Waals surface area contributed by atoms with E-state index in [1.165, 1.54) is 18.4 Å². The van der Waals surface area contributed by atoms with Gasteiger partial charge in [-0.15, -0.1) is 0 Å². The van der Waals surface area contributed by atoms with Crippen molar-refractivity contribution in [2.24, 2.45) is 0 Å². The fourth-order valence-corrected chi connectivity index (χ4v) is 3.45. The van der Waals surface area contributed by atoms with Gasteiger partial charge in [-0.25, -0.2) is 0 Å². The summed E-state index contributed by atoms with van der Waals surface area (Å²) in [6.45, 7) is 2.13. The number of thioether (sulfide) groups is 1. The van der Waals surface area contributed by atoms with Gasteiger partial charge in [-0.2, -0.15) is 11.8 Å². The number of nitrogens with zero attached hydrogens (tertiary/aromatic N) is 1. The zero-order chi connectivity index (χ0) is 16.1. The quantitative estimate of drug-likeness (QED) is 0.884. The summed E-state index contributed by atoms with van der Waals surface area (Å²) >= 11 is 1.78. The number of carbonyl (C=O) groups excluding carboxylic acids is 1. The van der Waals surface area contributed by atoms with Gasteiger partial charge >= 0.3 is 0 Å². The van der Waals surface area contributed by atoms with Gasteiger partial charge in [0.1, 0.15) is 0 Å². The Bertz CT molecular complexity index is 663. The predicted octanol–water partition coefficient (Wildman–Crippen LogP) is 4.40. The summed E-state index contributed by atoms with van der Waals surface area (Å²) in [5.74, 6) is 0.923. The summed E-state index contributed by atoms with van der Waals surface area (Å²) in [4.78, 5) is 14.9. The largest absolute Gasteiger partial charge is 0.370 e. The maximum Gasteiger partial charge on any atom is 0.255 e. The topological polar surface area (TPSA) is 32.3 Å². The maximum atomic E-state index is 12.5. The Morgan fingerprint density at radius 2 is 1.78 bits per heavy atom. The van der Waals surface area contributed by atoms with Crippen molar-refractivity contribution in [1.29, 1.82) is 0 Å². The highest BCUT2D eigenvalue weighted by Gasteiger charge is 2.16. The highest BCUT2D eigenvalue weighted by Crippen LogP contribution is 2.29. The molecular formula is C19H22N2OS. The van der Waals surface area contributed by atoms with Crippen molar-refractivity contribution in [1.82, 2.24) is 0 Å². The molecule has 2 aromatic rings. The van der Waals surface area contributed by atoms with Crippen LogP contribution in [-0.4, -0.2) is 25.3 Å². The lowest BCUT2D eigenvalue weighted by Gasteiger charge is -2.21. The molecule has 0 aromatic heterocycles.